The summed E-state index contributed by atoms with van der Waals surface area (Å²) >= 11 is 0. The second-order valence-electron chi connectivity index (χ2n) is 21.4. The Morgan fingerprint density at radius 3 is 1.92 bits per heavy atom. The minimum absolute atomic E-state index is 0.0714. The zero-order chi connectivity index (χ0) is 46.0. The smallest absolute Gasteiger partial charge is 0.187 e. The summed E-state index contributed by atoms with van der Waals surface area (Å²) in [5.41, 5.74) is -0.434. The number of carbonyl (C=O) groups excluding carboxylic acids is 1. The van der Waals surface area contributed by atoms with E-state index in [1.54, 1.807) is 0 Å². The van der Waals surface area contributed by atoms with Crippen molar-refractivity contribution in [3.63, 3.8) is 0 Å². The van der Waals surface area contributed by atoms with Crippen LogP contribution in [0.2, 0.25) is 0 Å². The average Bonchev–Trinajstić information content (AvgIpc) is 3.61. The van der Waals surface area contributed by atoms with Crippen LogP contribution in [0.1, 0.15) is 106 Å². The molecule has 0 radical (unpaired) electrons. The fraction of sp³-hybridized carbons (Fsp3) is 0.935. The van der Waals surface area contributed by atoms with Crippen molar-refractivity contribution in [2.75, 3.05) is 19.8 Å². The van der Waals surface area contributed by atoms with E-state index >= 15 is 0 Å². The first-order valence-electron chi connectivity index (χ1n) is 23.4. The van der Waals surface area contributed by atoms with Crippen LogP contribution in [0.25, 0.3) is 0 Å². The van der Waals surface area contributed by atoms with E-state index in [0.29, 0.717) is 19.3 Å². The molecule has 23 unspecified atom stereocenters. The normalized spacial score (nSPS) is 51.3. The zero-order valence-electron chi connectivity index (χ0n) is 37.7. The Bertz CT molecular complexity index is 1590. The lowest BCUT2D eigenvalue weighted by Crippen LogP contribution is -2.66. The molecule has 3 heterocycles. The van der Waals surface area contributed by atoms with Crippen molar-refractivity contribution < 1.29 is 84.3 Å². The molecule has 63 heavy (non-hydrogen) atoms. The zero-order valence-corrected chi connectivity index (χ0v) is 37.7. The summed E-state index contributed by atoms with van der Waals surface area (Å²) in [5, 5.41) is 105. The number of rotatable bonds is 13. The first-order chi connectivity index (χ1) is 29.7. The summed E-state index contributed by atoms with van der Waals surface area (Å²) in [6.07, 6.45) is -10.2. The summed E-state index contributed by atoms with van der Waals surface area (Å²) < 4.78 is 36.7. The summed E-state index contributed by atoms with van der Waals surface area (Å²) in [6.45, 7) is 11.6. The van der Waals surface area contributed by atoms with Crippen LogP contribution in [0.5, 0.6) is 0 Å². The lowest BCUT2D eigenvalue weighted by atomic mass is 9.35. The number of aldehydes is 1. The molecule has 0 aromatic rings. The van der Waals surface area contributed by atoms with Crippen LogP contribution in [0, 0.1) is 45.3 Å². The molecule has 4 saturated carbocycles. The third-order valence-corrected chi connectivity index (χ3v) is 17.7. The highest BCUT2D eigenvalue weighted by Gasteiger charge is 2.71. The molecule has 0 aromatic carbocycles. The van der Waals surface area contributed by atoms with Crippen LogP contribution in [0.15, 0.2) is 11.6 Å². The maximum Gasteiger partial charge on any atom is 0.187 e. The Hall–Kier alpha value is -1.23. The predicted octanol–water partition coefficient (Wildman–Crippen LogP) is 0.430. The van der Waals surface area contributed by atoms with Crippen molar-refractivity contribution >= 4 is 6.29 Å². The maximum atomic E-state index is 13.9. The van der Waals surface area contributed by atoms with E-state index in [4.69, 9.17) is 28.4 Å². The molecule has 7 rings (SSSR count). The van der Waals surface area contributed by atoms with Gasteiger partial charge >= 0.3 is 0 Å². The third-order valence-electron chi connectivity index (χ3n) is 17.7. The maximum absolute atomic E-state index is 13.9. The second kappa shape index (κ2) is 19.0. The van der Waals surface area contributed by atoms with Crippen LogP contribution < -0.4 is 0 Å². The van der Waals surface area contributed by atoms with Crippen molar-refractivity contribution in [2.45, 2.75) is 204 Å². The molecule has 17 heteroatoms. The van der Waals surface area contributed by atoms with E-state index in [0.717, 1.165) is 44.9 Å². The van der Waals surface area contributed by atoms with Crippen molar-refractivity contribution in [1.29, 1.82) is 0 Å². The molecule has 7 aliphatic rings. The van der Waals surface area contributed by atoms with Gasteiger partial charge in [-0.25, -0.2) is 0 Å². The van der Waals surface area contributed by atoms with Crippen molar-refractivity contribution in [1.82, 2.24) is 0 Å². The Morgan fingerprint density at radius 2 is 1.30 bits per heavy atom. The predicted molar refractivity (Wildman–Crippen MR) is 222 cm³/mol. The number of fused-ring (bicyclic) bond motifs is 5. The van der Waals surface area contributed by atoms with E-state index in [1.165, 1.54) is 11.9 Å². The first kappa shape index (κ1) is 49.7. The van der Waals surface area contributed by atoms with Crippen LogP contribution in [-0.4, -0.2) is 175 Å². The summed E-state index contributed by atoms with van der Waals surface area (Å²) in [6, 6.07) is 0. The molecule has 17 nitrogen and oxygen atoms in total. The molecule has 362 valence electrons. The van der Waals surface area contributed by atoms with Crippen LogP contribution in [0.3, 0.4) is 0 Å². The van der Waals surface area contributed by atoms with Gasteiger partial charge in [0, 0.05) is 5.41 Å². The van der Waals surface area contributed by atoms with Gasteiger partial charge in [-0.3, -0.25) is 0 Å². The number of hydrogen-bond acceptors (Lipinski definition) is 17. The molecule has 3 saturated heterocycles. The van der Waals surface area contributed by atoms with E-state index in [-0.39, 0.29) is 47.2 Å². The monoisotopic (exact) mass is 901 g/mol. The van der Waals surface area contributed by atoms with Crippen LogP contribution in [0.4, 0.5) is 0 Å². The number of aliphatic hydroxyl groups excluding tert-OH is 10. The van der Waals surface area contributed by atoms with Gasteiger partial charge in [-0.05, 0) is 118 Å². The SMILES string of the molecule is CC(C)=CCCC(OC1OC(CO)C(O)C(O)C1O)C1CCC2(C)C1CCC1C3(C=O)CCC(OC4OCC(O)C(O)C4OC4OC(CO)C(O)C(O)C4O)C(C)(C)C3CCC12C. The molecule has 3 aliphatic heterocycles. The summed E-state index contributed by atoms with van der Waals surface area (Å²) in [4.78, 5) is 13.9. The molecule has 10 N–H and O–H groups in total. The van der Waals surface area contributed by atoms with E-state index in [1.807, 2.05) is 13.8 Å². The number of ether oxygens (including phenoxy) is 6. The fourth-order valence-corrected chi connectivity index (χ4v) is 14.0. The van der Waals surface area contributed by atoms with Crippen molar-refractivity contribution in [3.05, 3.63) is 11.6 Å². The van der Waals surface area contributed by atoms with E-state index < -0.39 is 116 Å². The van der Waals surface area contributed by atoms with Crippen molar-refractivity contribution in [2.24, 2.45) is 45.3 Å². The third kappa shape index (κ3) is 8.54. The van der Waals surface area contributed by atoms with Gasteiger partial charge in [-0.15, -0.1) is 0 Å². The topological polar surface area (TPSA) is 275 Å². The minimum atomic E-state index is -1.75. The summed E-state index contributed by atoms with van der Waals surface area (Å²) in [5.74, 6) is 0.326. The number of aliphatic hydroxyl groups is 10. The minimum Gasteiger partial charge on any atom is -0.394 e. The molecule has 4 aliphatic carbocycles. The molecule has 0 spiro atoms. The van der Waals surface area contributed by atoms with Gasteiger partial charge < -0.3 is 84.3 Å². The molecular weight excluding hydrogens is 824 g/mol. The summed E-state index contributed by atoms with van der Waals surface area (Å²) in [7, 11) is 0. The lowest BCUT2D eigenvalue weighted by molar-refractivity contribution is -0.367. The Labute approximate surface area is 370 Å². The van der Waals surface area contributed by atoms with Gasteiger partial charge in [0.25, 0.3) is 0 Å². The molecule has 0 bridgehead atoms. The number of hydrogen-bond donors (Lipinski definition) is 10. The Morgan fingerprint density at radius 1 is 0.683 bits per heavy atom. The standard InChI is InChI=1S/C46H76O17/c1-22(2)8-7-9-26(59-40-37(56)35(54)33(52)27(18-47)60-40)23-12-15-44(5)24(23)10-11-30-45(44,6)16-13-29-43(3,4)31(14-17-46(29,30)21-49)62-42-39(32(51)25(50)20-58-42)63-41-38(57)36(55)34(53)28(19-48)61-41/h8,21,23-42,47-48,50-57H,7,9-20H2,1-6H3. The number of allylic oxidation sites excluding steroid dienone is 2. The lowest BCUT2D eigenvalue weighted by Gasteiger charge is -2.69. The fourth-order valence-electron chi connectivity index (χ4n) is 14.0. The highest BCUT2D eigenvalue weighted by Crippen LogP contribution is 2.75. The van der Waals surface area contributed by atoms with Gasteiger partial charge in [0.05, 0.1) is 32.0 Å². The van der Waals surface area contributed by atoms with E-state index in [2.05, 4.69) is 33.8 Å². The largest absolute Gasteiger partial charge is 0.394 e. The van der Waals surface area contributed by atoms with Gasteiger partial charge in [-0.2, -0.15) is 0 Å². The average molecular weight is 901 g/mol. The second-order valence-corrected chi connectivity index (χ2v) is 21.4. The van der Waals surface area contributed by atoms with E-state index in [9.17, 15) is 55.9 Å². The van der Waals surface area contributed by atoms with Gasteiger partial charge in [-0.1, -0.05) is 39.3 Å². The Balaban J connectivity index is 1.10. The molecular formula is C46H76O17. The number of carbonyl (C=O) groups is 1. The molecule has 7 fully saturated rings. The highest BCUT2D eigenvalue weighted by atomic mass is 16.8. The first-order valence-corrected chi connectivity index (χ1v) is 23.4. The van der Waals surface area contributed by atoms with Crippen LogP contribution in [-0.2, 0) is 33.2 Å². The molecule has 0 amide bonds. The molecule has 23 atom stereocenters. The van der Waals surface area contributed by atoms with Crippen molar-refractivity contribution in [3.8, 4) is 0 Å². The van der Waals surface area contributed by atoms with Gasteiger partial charge in [0.2, 0.25) is 0 Å². The van der Waals surface area contributed by atoms with Crippen LogP contribution >= 0.6 is 0 Å². The van der Waals surface area contributed by atoms with Gasteiger partial charge in [0.15, 0.2) is 18.9 Å². The van der Waals surface area contributed by atoms with Gasteiger partial charge in [0.1, 0.15) is 73.4 Å². The Kier molecular flexibility index (Phi) is 15.0. The highest BCUT2D eigenvalue weighted by molar-refractivity contribution is 5.62. The quantitative estimate of drug-likeness (QED) is 0.0682. The molecule has 0 aromatic heterocycles.